The van der Waals surface area contributed by atoms with Crippen molar-refractivity contribution in [2.45, 2.75) is 50.7 Å². The van der Waals surface area contributed by atoms with Crippen LogP contribution in [-0.2, 0) is 11.3 Å². The van der Waals surface area contributed by atoms with Gasteiger partial charge in [0, 0.05) is 37.3 Å². The van der Waals surface area contributed by atoms with Crippen molar-refractivity contribution in [1.82, 2.24) is 5.32 Å². The monoisotopic (exact) mass is 273 g/mol. The molecular formula is C16H23N3O. The lowest BCUT2D eigenvalue weighted by Crippen LogP contribution is -2.33. The fraction of sp³-hybridized carbons (Fsp3) is 0.562. The highest BCUT2D eigenvalue weighted by molar-refractivity contribution is 5.77. The SMILES string of the molecule is NCc1ccc(N(CCC(=O)NC2CC2)C2CC2)cc1. The Hall–Kier alpha value is -1.55. The minimum absolute atomic E-state index is 0.191. The molecule has 0 radical (unpaired) electrons. The first kappa shape index (κ1) is 13.4. The van der Waals surface area contributed by atoms with E-state index in [0.29, 0.717) is 25.0 Å². The van der Waals surface area contributed by atoms with E-state index >= 15 is 0 Å². The van der Waals surface area contributed by atoms with Crippen molar-refractivity contribution in [3.05, 3.63) is 29.8 Å². The van der Waals surface area contributed by atoms with Gasteiger partial charge < -0.3 is 16.0 Å². The fourth-order valence-electron chi connectivity index (χ4n) is 2.48. The summed E-state index contributed by atoms with van der Waals surface area (Å²) in [6.45, 7) is 1.39. The minimum atomic E-state index is 0.191. The number of anilines is 1. The Kier molecular flexibility index (Phi) is 3.92. The summed E-state index contributed by atoms with van der Waals surface area (Å²) in [6.07, 6.45) is 5.37. The van der Waals surface area contributed by atoms with Gasteiger partial charge in [-0.15, -0.1) is 0 Å². The second-order valence-corrected chi connectivity index (χ2v) is 5.89. The van der Waals surface area contributed by atoms with Crippen LogP contribution in [0.4, 0.5) is 5.69 Å². The standard InChI is InChI=1S/C16H23N3O/c17-11-12-1-5-14(6-2-12)19(15-7-8-15)10-9-16(20)18-13-3-4-13/h1-2,5-6,13,15H,3-4,7-11,17H2,(H,18,20). The third-order valence-electron chi connectivity index (χ3n) is 4.01. The highest BCUT2D eigenvalue weighted by Crippen LogP contribution is 2.32. The lowest BCUT2D eigenvalue weighted by Gasteiger charge is -2.24. The molecule has 0 bridgehead atoms. The molecule has 108 valence electrons. The molecule has 1 aromatic rings. The molecule has 0 heterocycles. The number of carbonyl (C=O) groups is 1. The highest BCUT2D eigenvalue weighted by Gasteiger charge is 2.30. The van der Waals surface area contributed by atoms with Gasteiger partial charge in [-0.2, -0.15) is 0 Å². The van der Waals surface area contributed by atoms with Crippen molar-refractivity contribution in [1.29, 1.82) is 0 Å². The molecular weight excluding hydrogens is 250 g/mol. The Morgan fingerprint density at radius 1 is 1.20 bits per heavy atom. The van der Waals surface area contributed by atoms with Crippen LogP contribution in [0.3, 0.4) is 0 Å². The van der Waals surface area contributed by atoms with Crippen molar-refractivity contribution < 1.29 is 4.79 Å². The van der Waals surface area contributed by atoms with Crippen molar-refractivity contribution in [3.63, 3.8) is 0 Å². The van der Waals surface area contributed by atoms with Gasteiger partial charge >= 0.3 is 0 Å². The van der Waals surface area contributed by atoms with E-state index in [1.807, 2.05) is 0 Å². The van der Waals surface area contributed by atoms with Crippen molar-refractivity contribution >= 4 is 11.6 Å². The number of hydrogen-bond acceptors (Lipinski definition) is 3. The molecule has 3 N–H and O–H groups in total. The molecule has 2 aliphatic carbocycles. The Labute approximate surface area is 120 Å². The maximum atomic E-state index is 11.8. The fourth-order valence-corrected chi connectivity index (χ4v) is 2.48. The first-order valence-corrected chi connectivity index (χ1v) is 7.61. The number of benzene rings is 1. The zero-order valence-electron chi connectivity index (χ0n) is 11.8. The average Bonchev–Trinajstić information content (AvgIpc) is 3.34. The van der Waals surface area contributed by atoms with E-state index in [0.717, 1.165) is 24.9 Å². The summed E-state index contributed by atoms with van der Waals surface area (Å²) in [6, 6.07) is 9.48. The minimum Gasteiger partial charge on any atom is -0.368 e. The number of hydrogen-bond donors (Lipinski definition) is 2. The third-order valence-corrected chi connectivity index (χ3v) is 4.01. The summed E-state index contributed by atoms with van der Waals surface area (Å²) >= 11 is 0. The Bertz CT molecular complexity index is 463. The Morgan fingerprint density at radius 2 is 1.90 bits per heavy atom. The summed E-state index contributed by atoms with van der Waals surface area (Å²) in [5, 5.41) is 3.06. The quantitative estimate of drug-likeness (QED) is 0.796. The van der Waals surface area contributed by atoms with Crippen LogP contribution in [0.1, 0.15) is 37.7 Å². The van der Waals surface area contributed by atoms with Crippen molar-refractivity contribution in [2.24, 2.45) is 5.73 Å². The van der Waals surface area contributed by atoms with Crippen LogP contribution in [0.15, 0.2) is 24.3 Å². The summed E-state index contributed by atoms with van der Waals surface area (Å²) < 4.78 is 0. The maximum absolute atomic E-state index is 11.8. The lowest BCUT2D eigenvalue weighted by molar-refractivity contribution is -0.121. The van der Waals surface area contributed by atoms with Crippen LogP contribution < -0.4 is 16.0 Å². The number of carbonyl (C=O) groups excluding carboxylic acids is 1. The van der Waals surface area contributed by atoms with Gasteiger partial charge in [0.2, 0.25) is 5.91 Å². The van der Waals surface area contributed by atoms with Gasteiger partial charge in [0.1, 0.15) is 0 Å². The number of nitrogens with zero attached hydrogens (tertiary/aromatic N) is 1. The van der Waals surface area contributed by atoms with E-state index in [2.05, 4.69) is 34.5 Å². The zero-order chi connectivity index (χ0) is 13.9. The summed E-state index contributed by atoms with van der Waals surface area (Å²) in [5.74, 6) is 0.191. The van der Waals surface area contributed by atoms with Crippen LogP contribution in [0, 0.1) is 0 Å². The smallest absolute Gasteiger partial charge is 0.221 e. The van der Waals surface area contributed by atoms with Gasteiger partial charge in [-0.1, -0.05) is 12.1 Å². The van der Waals surface area contributed by atoms with Gasteiger partial charge in [-0.3, -0.25) is 4.79 Å². The topological polar surface area (TPSA) is 58.4 Å². The molecule has 0 atom stereocenters. The molecule has 0 aromatic heterocycles. The zero-order valence-corrected chi connectivity index (χ0v) is 11.8. The number of amides is 1. The molecule has 4 nitrogen and oxygen atoms in total. The molecule has 0 spiro atoms. The van der Waals surface area contributed by atoms with E-state index in [-0.39, 0.29) is 5.91 Å². The second kappa shape index (κ2) is 5.83. The van der Waals surface area contributed by atoms with Crippen molar-refractivity contribution in [3.8, 4) is 0 Å². The van der Waals surface area contributed by atoms with E-state index in [1.165, 1.54) is 18.5 Å². The van der Waals surface area contributed by atoms with Gasteiger partial charge in [-0.25, -0.2) is 0 Å². The van der Waals surface area contributed by atoms with Crippen molar-refractivity contribution in [2.75, 3.05) is 11.4 Å². The molecule has 4 heteroatoms. The normalized spacial score (nSPS) is 17.9. The third kappa shape index (κ3) is 3.51. The molecule has 0 saturated heterocycles. The molecule has 3 rings (SSSR count). The van der Waals surface area contributed by atoms with E-state index in [9.17, 15) is 4.79 Å². The van der Waals surface area contributed by atoms with Crippen LogP contribution in [0.5, 0.6) is 0 Å². The Morgan fingerprint density at radius 3 is 2.45 bits per heavy atom. The molecule has 2 saturated carbocycles. The van der Waals surface area contributed by atoms with Gasteiger partial charge in [-0.05, 0) is 43.4 Å². The largest absolute Gasteiger partial charge is 0.368 e. The Balaban J connectivity index is 1.57. The first-order valence-electron chi connectivity index (χ1n) is 7.61. The van der Waals surface area contributed by atoms with E-state index in [1.54, 1.807) is 0 Å². The predicted molar refractivity (Wildman–Crippen MR) is 80.5 cm³/mol. The van der Waals surface area contributed by atoms with Crippen LogP contribution in [-0.4, -0.2) is 24.5 Å². The number of rotatable bonds is 7. The average molecular weight is 273 g/mol. The molecule has 0 aliphatic heterocycles. The molecule has 1 amide bonds. The van der Waals surface area contributed by atoms with Gasteiger partial charge in [0.05, 0.1) is 0 Å². The summed E-state index contributed by atoms with van der Waals surface area (Å²) in [7, 11) is 0. The summed E-state index contributed by atoms with van der Waals surface area (Å²) in [5.41, 5.74) is 7.99. The predicted octanol–water partition coefficient (Wildman–Crippen LogP) is 1.78. The molecule has 20 heavy (non-hydrogen) atoms. The van der Waals surface area contributed by atoms with Gasteiger partial charge in [0.15, 0.2) is 0 Å². The molecule has 0 unspecified atom stereocenters. The molecule has 2 fully saturated rings. The second-order valence-electron chi connectivity index (χ2n) is 5.89. The van der Waals surface area contributed by atoms with Crippen LogP contribution >= 0.6 is 0 Å². The first-order chi connectivity index (χ1) is 9.76. The van der Waals surface area contributed by atoms with E-state index in [4.69, 9.17) is 5.73 Å². The van der Waals surface area contributed by atoms with Gasteiger partial charge in [0.25, 0.3) is 0 Å². The molecule has 1 aromatic carbocycles. The van der Waals surface area contributed by atoms with E-state index < -0.39 is 0 Å². The molecule has 2 aliphatic rings. The number of nitrogens with one attached hydrogen (secondary N) is 1. The summed E-state index contributed by atoms with van der Waals surface area (Å²) in [4.78, 5) is 14.2. The highest BCUT2D eigenvalue weighted by atomic mass is 16.1. The van der Waals surface area contributed by atoms with Crippen LogP contribution in [0.2, 0.25) is 0 Å². The lowest BCUT2D eigenvalue weighted by atomic mass is 10.2. The number of nitrogens with two attached hydrogens (primary N) is 1. The maximum Gasteiger partial charge on any atom is 0.221 e. The van der Waals surface area contributed by atoms with Crippen LogP contribution in [0.25, 0.3) is 0 Å².